The smallest absolute Gasteiger partial charge is 0.339 e. The topological polar surface area (TPSA) is 88.0 Å². The maximum Gasteiger partial charge on any atom is 0.339 e. The van der Waals surface area contributed by atoms with Gasteiger partial charge in [0, 0.05) is 24.0 Å². The summed E-state index contributed by atoms with van der Waals surface area (Å²) in [6, 6.07) is 0. The molecule has 0 unspecified atom stereocenters. The lowest BCUT2D eigenvalue weighted by Gasteiger charge is -2.10. The highest BCUT2D eigenvalue weighted by atomic mass is 32.1. The fraction of sp³-hybridized carbons (Fsp3) is 0.385. The molecule has 2 rings (SSSR count). The van der Waals surface area contributed by atoms with E-state index in [1.165, 1.54) is 0 Å². The molecule has 0 aliphatic carbocycles. The van der Waals surface area contributed by atoms with Gasteiger partial charge >= 0.3 is 5.97 Å². The Bertz CT molecular complexity index is 639. The molecule has 2 aromatic rings. The minimum absolute atomic E-state index is 0.188. The molecule has 0 saturated heterocycles. The van der Waals surface area contributed by atoms with E-state index < -0.39 is 5.97 Å². The van der Waals surface area contributed by atoms with Gasteiger partial charge in [-0.3, -0.25) is 0 Å². The van der Waals surface area contributed by atoms with Gasteiger partial charge in [-0.05, 0) is 26.3 Å². The lowest BCUT2D eigenvalue weighted by atomic mass is 10.1. The van der Waals surface area contributed by atoms with E-state index in [9.17, 15) is 9.90 Å². The number of carbonyl (C=O) groups is 1. The van der Waals surface area contributed by atoms with Crippen molar-refractivity contribution in [2.75, 3.05) is 11.9 Å². The summed E-state index contributed by atoms with van der Waals surface area (Å²) in [5.41, 5.74) is 2.46. The fourth-order valence-electron chi connectivity index (χ4n) is 1.80. The molecule has 2 aromatic heterocycles. The molecule has 0 spiro atoms. The number of hydrogen-bond donors (Lipinski definition) is 2. The zero-order valence-electron chi connectivity index (χ0n) is 11.6. The third kappa shape index (κ3) is 3.11. The first-order valence-corrected chi connectivity index (χ1v) is 7.09. The van der Waals surface area contributed by atoms with Crippen LogP contribution < -0.4 is 5.32 Å². The first-order chi connectivity index (χ1) is 9.49. The van der Waals surface area contributed by atoms with E-state index >= 15 is 0 Å². The van der Waals surface area contributed by atoms with Crippen LogP contribution in [-0.4, -0.2) is 32.8 Å². The van der Waals surface area contributed by atoms with Gasteiger partial charge in [0.2, 0.25) is 0 Å². The van der Waals surface area contributed by atoms with E-state index in [1.54, 1.807) is 25.2 Å². The average Bonchev–Trinajstić information content (AvgIpc) is 2.79. The molecule has 0 saturated carbocycles. The van der Waals surface area contributed by atoms with Crippen LogP contribution in [0.5, 0.6) is 0 Å². The van der Waals surface area contributed by atoms with E-state index in [0.717, 1.165) is 17.1 Å². The molecule has 0 fully saturated rings. The zero-order valence-corrected chi connectivity index (χ0v) is 12.4. The van der Waals surface area contributed by atoms with Crippen LogP contribution in [0.25, 0.3) is 0 Å². The van der Waals surface area contributed by atoms with Crippen molar-refractivity contribution in [3.8, 4) is 0 Å². The van der Waals surface area contributed by atoms with Gasteiger partial charge in [0.05, 0.1) is 10.7 Å². The van der Waals surface area contributed by atoms with Gasteiger partial charge < -0.3 is 10.4 Å². The van der Waals surface area contributed by atoms with E-state index in [1.807, 2.05) is 12.3 Å². The van der Waals surface area contributed by atoms with Crippen LogP contribution in [0.15, 0.2) is 5.38 Å². The minimum atomic E-state index is -0.993. The van der Waals surface area contributed by atoms with Crippen LogP contribution in [0.2, 0.25) is 0 Å². The molecule has 7 heteroatoms. The quantitative estimate of drug-likeness (QED) is 0.878. The Morgan fingerprint density at radius 3 is 2.70 bits per heavy atom. The summed E-state index contributed by atoms with van der Waals surface area (Å²) in [7, 11) is 0. The number of rotatable bonds is 5. The second-order valence-electron chi connectivity index (χ2n) is 4.50. The lowest BCUT2D eigenvalue weighted by molar-refractivity contribution is 0.0696. The van der Waals surface area contributed by atoms with E-state index in [0.29, 0.717) is 23.6 Å². The molecule has 2 heterocycles. The van der Waals surface area contributed by atoms with Crippen molar-refractivity contribution in [2.24, 2.45) is 0 Å². The number of aromatic carboxylic acids is 1. The molecule has 20 heavy (non-hydrogen) atoms. The van der Waals surface area contributed by atoms with Gasteiger partial charge in [-0.15, -0.1) is 16.4 Å². The van der Waals surface area contributed by atoms with Crippen molar-refractivity contribution in [3.63, 3.8) is 0 Å². The van der Waals surface area contributed by atoms with Gasteiger partial charge in [0.25, 0.3) is 0 Å². The second kappa shape index (κ2) is 5.96. The molecule has 0 aliphatic heterocycles. The van der Waals surface area contributed by atoms with Gasteiger partial charge in [-0.25, -0.2) is 9.78 Å². The van der Waals surface area contributed by atoms with Gasteiger partial charge in [0.15, 0.2) is 5.82 Å². The monoisotopic (exact) mass is 292 g/mol. The zero-order chi connectivity index (χ0) is 14.7. The summed E-state index contributed by atoms with van der Waals surface area (Å²) in [6.45, 7) is 6.01. The molecule has 0 amide bonds. The van der Waals surface area contributed by atoms with Crippen molar-refractivity contribution in [3.05, 3.63) is 32.9 Å². The van der Waals surface area contributed by atoms with Crippen LogP contribution >= 0.6 is 11.3 Å². The highest BCUT2D eigenvalue weighted by Gasteiger charge is 2.17. The maximum absolute atomic E-state index is 11.3. The Labute approximate surface area is 120 Å². The Kier molecular flexibility index (Phi) is 4.29. The first-order valence-electron chi connectivity index (χ1n) is 6.21. The molecule has 0 atom stereocenters. The maximum atomic E-state index is 11.3. The molecule has 0 aromatic carbocycles. The number of thiazole rings is 1. The van der Waals surface area contributed by atoms with Gasteiger partial charge in [-0.2, -0.15) is 5.10 Å². The molecule has 6 nitrogen and oxygen atoms in total. The summed E-state index contributed by atoms with van der Waals surface area (Å²) in [5.74, 6) is -0.679. The summed E-state index contributed by atoms with van der Waals surface area (Å²) >= 11 is 1.60. The lowest BCUT2D eigenvalue weighted by Crippen LogP contribution is -2.14. The number of hydrogen-bond acceptors (Lipinski definition) is 6. The summed E-state index contributed by atoms with van der Waals surface area (Å²) in [6.07, 6.45) is 0.728. The third-order valence-electron chi connectivity index (χ3n) is 2.97. The second-order valence-corrected chi connectivity index (χ2v) is 5.44. The number of carboxylic acids is 1. The van der Waals surface area contributed by atoms with Crippen molar-refractivity contribution >= 4 is 23.1 Å². The molecule has 0 bridgehead atoms. The van der Waals surface area contributed by atoms with Crippen LogP contribution in [0.1, 0.15) is 32.3 Å². The highest BCUT2D eigenvalue weighted by Crippen LogP contribution is 2.18. The third-order valence-corrected chi connectivity index (χ3v) is 3.99. The molecular weight excluding hydrogens is 276 g/mol. The molecule has 0 aliphatic rings. The van der Waals surface area contributed by atoms with Crippen LogP contribution in [-0.2, 0) is 6.42 Å². The number of aryl methyl sites for hydroxylation is 2. The van der Waals surface area contributed by atoms with Crippen LogP contribution in [0.4, 0.5) is 5.82 Å². The predicted molar refractivity (Wildman–Crippen MR) is 77.5 cm³/mol. The van der Waals surface area contributed by atoms with Crippen molar-refractivity contribution < 1.29 is 9.90 Å². The fourth-order valence-corrected chi connectivity index (χ4v) is 2.58. The molecular formula is C13H16N4O2S. The number of nitrogens with one attached hydrogen (secondary N) is 1. The van der Waals surface area contributed by atoms with E-state index in [-0.39, 0.29) is 5.56 Å². The van der Waals surface area contributed by atoms with E-state index in [2.05, 4.69) is 20.5 Å². The van der Waals surface area contributed by atoms with Crippen LogP contribution in [0, 0.1) is 20.8 Å². The Balaban J connectivity index is 2.09. The van der Waals surface area contributed by atoms with Crippen molar-refractivity contribution in [2.45, 2.75) is 27.2 Å². The molecule has 106 valence electrons. The first kappa shape index (κ1) is 14.4. The Morgan fingerprint density at radius 1 is 1.35 bits per heavy atom. The number of aromatic nitrogens is 3. The minimum Gasteiger partial charge on any atom is -0.478 e. The van der Waals surface area contributed by atoms with Crippen molar-refractivity contribution in [1.82, 2.24) is 15.2 Å². The Hall–Kier alpha value is -2.02. The summed E-state index contributed by atoms with van der Waals surface area (Å²) in [5, 5.41) is 23.2. The van der Waals surface area contributed by atoms with Crippen molar-refractivity contribution in [1.29, 1.82) is 0 Å². The van der Waals surface area contributed by atoms with Crippen LogP contribution in [0.3, 0.4) is 0 Å². The summed E-state index contributed by atoms with van der Waals surface area (Å²) < 4.78 is 0. The molecule has 0 radical (unpaired) electrons. The standard InChI is InChI=1S/C13H16N4O2S/c1-7-6-20-10(15-7)4-5-14-12-11(13(18)19)8(2)9(3)16-17-12/h6H,4-5H2,1-3H3,(H,14,17)(H,18,19). The normalized spacial score (nSPS) is 10.6. The number of anilines is 1. The predicted octanol–water partition coefficient (Wildman–Crippen LogP) is 2.21. The molecule has 2 N–H and O–H groups in total. The average molecular weight is 292 g/mol. The van der Waals surface area contributed by atoms with Gasteiger partial charge in [-0.1, -0.05) is 0 Å². The van der Waals surface area contributed by atoms with Gasteiger partial charge in [0.1, 0.15) is 5.56 Å². The number of nitrogens with zero attached hydrogens (tertiary/aromatic N) is 3. The highest BCUT2D eigenvalue weighted by molar-refractivity contribution is 7.09. The number of carboxylic acid groups (broad SMARTS) is 1. The SMILES string of the molecule is Cc1csc(CCNc2nnc(C)c(C)c2C(=O)O)n1. The Morgan fingerprint density at radius 2 is 2.10 bits per heavy atom. The summed E-state index contributed by atoms with van der Waals surface area (Å²) in [4.78, 5) is 15.7. The largest absolute Gasteiger partial charge is 0.478 e. The van der Waals surface area contributed by atoms with E-state index in [4.69, 9.17) is 0 Å².